The number of carbonyl (C=O) groups is 1. The lowest BCUT2D eigenvalue weighted by atomic mass is 10.0. The number of halogens is 3. The molecule has 1 aromatic heterocycles. The van der Waals surface area contributed by atoms with E-state index in [2.05, 4.69) is 13.0 Å². The van der Waals surface area contributed by atoms with Crippen molar-refractivity contribution in [3.05, 3.63) is 82.7 Å². The maximum absolute atomic E-state index is 14.4. The molecule has 2 N–H and O–H groups in total. The van der Waals surface area contributed by atoms with Crippen LogP contribution in [0.2, 0.25) is 0 Å². The second-order valence-corrected chi connectivity index (χ2v) is 7.37. The van der Waals surface area contributed by atoms with E-state index in [-0.39, 0.29) is 12.1 Å². The van der Waals surface area contributed by atoms with Crippen molar-refractivity contribution in [3.8, 4) is 0 Å². The molecule has 0 atom stereocenters. The number of rotatable bonds is 6. The molecule has 3 aromatic carbocycles. The smallest absolute Gasteiger partial charge is 0.249 e. The van der Waals surface area contributed by atoms with E-state index in [1.807, 2.05) is 12.1 Å². The average molecular weight is 409 g/mol. The highest BCUT2D eigenvalue weighted by Gasteiger charge is 2.20. The number of benzene rings is 3. The average Bonchev–Trinajstić information content (AvgIpc) is 3.01. The Morgan fingerprint density at radius 2 is 1.83 bits per heavy atom. The normalized spacial score (nSPS) is 11.5. The molecule has 4 aromatic rings. The topological polar surface area (TPSA) is 48.0 Å². The van der Waals surface area contributed by atoms with Crippen molar-refractivity contribution in [1.82, 2.24) is 4.57 Å². The summed E-state index contributed by atoms with van der Waals surface area (Å²) in [4.78, 5) is 12.0. The number of amides is 1. The Balaban J connectivity index is 2.00. The minimum Gasteiger partial charge on any atom is -0.366 e. The molecular weight excluding hydrogens is 389 g/mol. The Hall–Kier alpha value is -3.28. The van der Waals surface area contributed by atoms with E-state index in [1.165, 1.54) is 0 Å². The van der Waals surface area contributed by atoms with Crippen LogP contribution >= 0.6 is 0 Å². The van der Waals surface area contributed by atoms with E-state index in [9.17, 15) is 18.0 Å². The van der Waals surface area contributed by atoms with Crippen LogP contribution in [0.15, 0.2) is 42.5 Å². The molecule has 3 nitrogen and oxygen atoms in total. The molecule has 153 valence electrons. The Bertz CT molecular complexity index is 1250. The van der Waals surface area contributed by atoms with Gasteiger partial charge in [-0.3, -0.25) is 4.79 Å². The lowest BCUT2D eigenvalue weighted by molar-refractivity contribution is 0.100. The molecule has 0 aliphatic carbocycles. The quantitative estimate of drug-likeness (QED) is 0.449. The second kappa shape index (κ2) is 7.86. The molecule has 30 heavy (non-hydrogen) atoms. The molecule has 1 radical (unpaired) electrons. The molecule has 0 aliphatic heterocycles. The van der Waals surface area contributed by atoms with Crippen molar-refractivity contribution >= 4 is 27.7 Å². The highest BCUT2D eigenvalue weighted by atomic mass is 19.1. The number of aromatic nitrogens is 1. The third-order valence-corrected chi connectivity index (χ3v) is 5.36. The minimum absolute atomic E-state index is 0.161. The third-order valence-electron chi connectivity index (χ3n) is 5.36. The van der Waals surface area contributed by atoms with Gasteiger partial charge < -0.3 is 10.3 Å². The van der Waals surface area contributed by atoms with Crippen molar-refractivity contribution in [3.63, 3.8) is 0 Å². The summed E-state index contributed by atoms with van der Waals surface area (Å²) in [5.74, 6) is -3.48. The van der Waals surface area contributed by atoms with Gasteiger partial charge in [0.1, 0.15) is 17.5 Å². The van der Waals surface area contributed by atoms with E-state index in [0.717, 1.165) is 24.8 Å². The zero-order valence-electron chi connectivity index (χ0n) is 16.4. The number of nitrogens with zero attached hydrogens (tertiary/aromatic N) is 1. The number of nitrogens with two attached hydrogens (primary N) is 1. The summed E-state index contributed by atoms with van der Waals surface area (Å²) in [6, 6.07) is 13.4. The summed E-state index contributed by atoms with van der Waals surface area (Å²) in [6.07, 6.45) is 2.86. The first kappa shape index (κ1) is 20.0. The number of unbranched alkanes of at least 4 members (excludes halogenated alkanes) is 1. The molecule has 1 heterocycles. The fourth-order valence-electron chi connectivity index (χ4n) is 3.88. The Morgan fingerprint density at radius 3 is 2.50 bits per heavy atom. The Kier molecular flexibility index (Phi) is 5.24. The van der Waals surface area contributed by atoms with Crippen molar-refractivity contribution in [1.29, 1.82) is 0 Å². The van der Waals surface area contributed by atoms with Gasteiger partial charge in [-0.2, -0.15) is 0 Å². The lowest BCUT2D eigenvalue weighted by Crippen LogP contribution is -2.11. The maximum Gasteiger partial charge on any atom is 0.249 e. The zero-order chi connectivity index (χ0) is 21.4. The maximum atomic E-state index is 14.4. The first-order valence-corrected chi connectivity index (χ1v) is 9.79. The van der Waals surface area contributed by atoms with Gasteiger partial charge in [0.2, 0.25) is 5.91 Å². The van der Waals surface area contributed by atoms with Crippen molar-refractivity contribution in [2.45, 2.75) is 32.7 Å². The van der Waals surface area contributed by atoms with Gasteiger partial charge in [-0.25, -0.2) is 13.2 Å². The molecule has 0 bridgehead atoms. The first-order valence-electron chi connectivity index (χ1n) is 9.79. The summed E-state index contributed by atoms with van der Waals surface area (Å²) < 4.78 is 43.9. The molecule has 4 rings (SSSR count). The van der Waals surface area contributed by atoms with E-state index in [4.69, 9.17) is 5.73 Å². The molecule has 6 heteroatoms. The summed E-state index contributed by atoms with van der Waals surface area (Å²) in [7, 11) is 0. The van der Waals surface area contributed by atoms with Gasteiger partial charge in [-0.1, -0.05) is 25.5 Å². The van der Waals surface area contributed by atoms with Gasteiger partial charge in [0, 0.05) is 34.0 Å². The number of carbonyl (C=O) groups excluding carboxylic acids is 1. The fourth-order valence-corrected chi connectivity index (χ4v) is 3.88. The molecule has 0 saturated heterocycles. The van der Waals surface area contributed by atoms with Crippen molar-refractivity contribution < 1.29 is 18.0 Å². The van der Waals surface area contributed by atoms with Crippen LogP contribution in [0.5, 0.6) is 0 Å². The fraction of sp³-hybridized carbons (Fsp3) is 0.208. The van der Waals surface area contributed by atoms with Gasteiger partial charge in [0.15, 0.2) is 0 Å². The SMILES string of the molecule is CCCCc1c[c]c2c3c(C(N)=O)cccc3n(Cc3c(F)cc(F)cc3F)c2c1. The van der Waals surface area contributed by atoms with Gasteiger partial charge in [0.25, 0.3) is 0 Å². The van der Waals surface area contributed by atoms with Crippen LogP contribution in [0.25, 0.3) is 21.8 Å². The van der Waals surface area contributed by atoms with Crippen molar-refractivity contribution in [2.75, 3.05) is 0 Å². The molecular formula is C24H20F3N2O. The van der Waals surface area contributed by atoms with Crippen LogP contribution < -0.4 is 5.73 Å². The lowest BCUT2D eigenvalue weighted by Gasteiger charge is -2.11. The highest BCUT2D eigenvalue weighted by Crippen LogP contribution is 2.33. The van der Waals surface area contributed by atoms with Gasteiger partial charge in [0.05, 0.1) is 17.6 Å². The Labute approximate surface area is 171 Å². The zero-order valence-corrected chi connectivity index (χ0v) is 16.4. The predicted molar refractivity (Wildman–Crippen MR) is 111 cm³/mol. The van der Waals surface area contributed by atoms with Crippen molar-refractivity contribution in [2.24, 2.45) is 5.73 Å². The van der Waals surface area contributed by atoms with E-state index >= 15 is 0 Å². The Morgan fingerprint density at radius 1 is 1.10 bits per heavy atom. The van der Waals surface area contributed by atoms with Gasteiger partial charge in [-0.15, -0.1) is 0 Å². The van der Waals surface area contributed by atoms with Crippen LogP contribution in [0, 0.1) is 23.5 Å². The van der Waals surface area contributed by atoms with Gasteiger partial charge in [-0.05, 0) is 42.7 Å². The van der Waals surface area contributed by atoms with Gasteiger partial charge >= 0.3 is 0 Å². The number of aryl methyl sites for hydroxylation is 1. The molecule has 0 fully saturated rings. The van der Waals surface area contributed by atoms with Crippen LogP contribution in [0.1, 0.15) is 41.3 Å². The molecule has 1 amide bonds. The number of fused-ring (bicyclic) bond motifs is 3. The van der Waals surface area contributed by atoms with E-state index in [0.29, 0.717) is 39.5 Å². The summed E-state index contributed by atoms with van der Waals surface area (Å²) in [5, 5.41) is 1.24. The van der Waals surface area contributed by atoms with E-state index in [1.54, 1.807) is 22.8 Å². The second-order valence-electron chi connectivity index (χ2n) is 7.37. The minimum atomic E-state index is -0.970. The molecule has 0 unspecified atom stereocenters. The predicted octanol–water partition coefficient (Wildman–Crippen LogP) is 5.50. The van der Waals surface area contributed by atoms with Crippen LogP contribution in [-0.2, 0) is 13.0 Å². The standard InChI is InChI=1S/C24H20F3N2O/c1-2-3-5-14-8-9-16-22(10-14)29(13-18-19(26)11-15(25)12-20(18)27)21-7-4-6-17(23(16)21)24(28)30/h4,6-8,10-12H,2-3,5,13H2,1H3,(H2,28,30). The molecule has 0 spiro atoms. The summed E-state index contributed by atoms with van der Waals surface area (Å²) >= 11 is 0. The van der Waals surface area contributed by atoms with Crippen LogP contribution in [0.3, 0.4) is 0 Å². The summed E-state index contributed by atoms with van der Waals surface area (Å²) in [6.45, 7) is 1.93. The monoisotopic (exact) mass is 409 g/mol. The van der Waals surface area contributed by atoms with E-state index < -0.39 is 23.4 Å². The number of hydrogen-bond acceptors (Lipinski definition) is 1. The van der Waals surface area contributed by atoms with Crippen LogP contribution in [-0.4, -0.2) is 10.5 Å². The first-order chi connectivity index (χ1) is 14.4. The molecule has 0 saturated carbocycles. The summed E-state index contributed by atoms with van der Waals surface area (Å²) in [5.41, 5.74) is 7.96. The highest BCUT2D eigenvalue weighted by molar-refractivity contribution is 6.17. The number of hydrogen-bond donors (Lipinski definition) is 1. The van der Waals surface area contributed by atoms with Crippen LogP contribution in [0.4, 0.5) is 13.2 Å². The molecule has 0 aliphatic rings. The number of primary amides is 1. The largest absolute Gasteiger partial charge is 0.366 e. The third kappa shape index (κ3) is 3.43.